The largest absolute Gasteiger partial charge is 0.573 e. The van der Waals surface area contributed by atoms with E-state index in [1.807, 2.05) is 30.3 Å². The van der Waals surface area contributed by atoms with E-state index < -0.39 is 23.8 Å². The van der Waals surface area contributed by atoms with E-state index >= 15 is 0 Å². The number of anilines is 3. The number of carbonyl (C=O) groups excluding carboxylic acids is 2. The van der Waals surface area contributed by atoms with Crippen molar-refractivity contribution in [2.75, 3.05) is 29.2 Å². The van der Waals surface area contributed by atoms with Crippen molar-refractivity contribution in [3.05, 3.63) is 59.9 Å². The molecule has 2 aromatic rings. The molecule has 10 heteroatoms. The molecule has 0 fully saturated rings. The van der Waals surface area contributed by atoms with Gasteiger partial charge in [0.2, 0.25) is 5.91 Å². The number of ether oxygens (including phenoxy) is 1. The number of allylic oxidation sites excluding steroid dienone is 1. The molecule has 3 rings (SSSR count). The Morgan fingerprint density at radius 3 is 2.22 bits per heavy atom. The van der Waals surface area contributed by atoms with E-state index in [4.69, 9.17) is 0 Å². The summed E-state index contributed by atoms with van der Waals surface area (Å²) in [4.78, 5) is 28.4. The highest BCUT2D eigenvalue weighted by Gasteiger charge is 2.32. The summed E-state index contributed by atoms with van der Waals surface area (Å²) in [5.74, 6) is -1.16. The molecule has 1 aliphatic rings. The van der Waals surface area contributed by atoms with Gasteiger partial charge in [-0.1, -0.05) is 18.2 Å². The number of alkyl halides is 3. The molecule has 32 heavy (non-hydrogen) atoms. The van der Waals surface area contributed by atoms with E-state index in [0.717, 1.165) is 23.5 Å². The minimum atomic E-state index is -4.85. The normalized spacial score (nSPS) is 12.8. The highest BCUT2D eigenvalue weighted by atomic mass is 19.4. The van der Waals surface area contributed by atoms with Gasteiger partial charge < -0.3 is 19.9 Å². The van der Waals surface area contributed by atoms with Gasteiger partial charge in [-0.3, -0.25) is 9.59 Å². The third-order valence-electron chi connectivity index (χ3n) is 4.78. The predicted octanol–water partition coefficient (Wildman–Crippen LogP) is 4.19. The van der Waals surface area contributed by atoms with E-state index in [1.165, 1.54) is 12.1 Å². The molecule has 1 heterocycles. The van der Waals surface area contributed by atoms with Gasteiger partial charge in [0.1, 0.15) is 23.2 Å². The third-order valence-corrected chi connectivity index (χ3v) is 4.78. The molecule has 0 saturated heterocycles. The number of Topliss-reactive ketones (excluding diaryl/α,β-unsaturated/α-hetero) is 1. The van der Waals surface area contributed by atoms with Crippen LogP contribution in [0.1, 0.15) is 12.8 Å². The summed E-state index contributed by atoms with van der Waals surface area (Å²) < 4.78 is 40.8. The average molecular weight is 444 g/mol. The molecule has 1 N–H and O–H groups in total. The molecular formula is C22H19F3N4O3. The summed E-state index contributed by atoms with van der Waals surface area (Å²) in [5.41, 5.74) is 1.68. The molecule has 1 aliphatic heterocycles. The van der Waals surface area contributed by atoms with Crippen LogP contribution in [0.2, 0.25) is 0 Å². The summed E-state index contributed by atoms with van der Waals surface area (Å²) in [6.07, 6.45) is -5.34. The van der Waals surface area contributed by atoms with Crippen LogP contribution >= 0.6 is 0 Å². The van der Waals surface area contributed by atoms with Gasteiger partial charge in [-0.25, -0.2) is 0 Å². The maximum absolute atomic E-state index is 12.7. The smallest absolute Gasteiger partial charge is 0.406 e. The molecule has 1 amide bonds. The number of nitriles is 1. The van der Waals surface area contributed by atoms with E-state index in [9.17, 15) is 28.0 Å². The van der Waals surface area contributed by atoms with Crippen molar-refractivity contribution >= 4 is 28.8 Å². The molecule has 0 unspecified atom stereocenters. The Hall–Kier alpha value is -4.00. The topological polar surface area (TPSA) is 85.7 Å². The number of hydrogen-bond acceptors (Lipinski definition) is 6. The van der Waals surface area contributed by atoms with Gasteiger partial charge in [0, 0.05) is 38.7 Å². The van der Waals surface area contributed by atoms with Gasteiger partial charge >= 0.3 is 6.36 Å². The number of amides is 1. The summed E-state index contributed by atoms with van der Waals surface area (Å²) in [6.45, 7) is 0. The highest BCUT2D eigenvalue weighted by Crippen LogP contribution is 2.40. The average Bonchev–Trinajstić information content (AvgIpc) is 2.97. The first-order valence-corrected chi connectivity index (χ1v) is 9.50. The van der Waals surface area contributed by atoms with Crippen molar-refractivity contribution in [2.45, 2.75) is 19.2 Å². The first kappa shape index (κ1) is 22.7. The number of nitrogens with one attached hydrogen (secondary N) is 1. The van der Waals surface area contributed by atoms with Gasteiger partial charge in [-0.05, 0) is 24.3 Å². The molecule has 0 spiro atoms. The molecule has 0 aromatic heterocycles. The van der Waals surface area contributed by atoms with E-state index in [1.54, 1.807) is 23.9 Å². The van der Waals surface area contributed by atoms with Crippen LogP contribution in [0.5, 0.6) is 5.75 Å². The summed E-state index contributed by atoms with van der Waals surface area (Å²) >= 11 is 0. The number of rotatable bonds is 6. The lowest BCUT2D eigenvalue weighted by Crippen LogP contribution is -2.26. The Labute approximate surface area is 182 Å². The van der Waals surface area contributed by atoms with Crippen molar-refractivity contribution in [3.8, 4) is 11.8 Å². The number of halogens is 3. The molecule has 2 aromatic carbocycles. The van der Waals surface area contributed by atoms with Crippen LogP contribution in [0, 0.1) is 11.3 Å². The van der Waals surface area contributed by atoms with Gasteiger partial charge in [-0.15, -0.1) is 13.2 Å². The summed E-state index contributed by atoms with van der Waals surface area (Å²) in [7, 11) is 3.48. The zero-order valence-corrected chi connectivity index (χ0v) is 17.2. The molecule has 166 valence electrons. The first-order chi connectivity index (χ1) is 15.1. The lowest BCUT2D eigenvalue weighted by atomic mass is 10.1. The number of benzene rings is 2. The molecule has 0 atom stereocenters. The Morgan fingerprint density at radius 1 is 1.03 bits per heavy atom. The quantitative estimate of drug-likeness (QED) is 0.531. The second-order valence-electron chi connectivity index (χ2n) is 6.96. The minimum absolute atomic E-state index is 0.0837. The van der Waals surface area contributed by atoms with Crippen molar-refractivity contribution in [2.24, 2.45) is 0 Å². The van der Waals surface area contributed by atoms with Crippen LogP contribution in [-0.2, 0) is 9.59 Å². The zero-order chi connectivity index (χ0) is 23.5. The predicted molar refractivity (Wildman–Crippen MR) is 112 cm³/mol. The summed E-state index contributed by atoms with van der Waals surface area (Å²) in [5, 5.41) is 12.0. The van der Waals surface area contributed by atoms with Crippen LogP contribution in [0.25, 0.3) is 0 Å². The van der Waals surface area contributed by atoms with Gasteiger partial charge in [-0.2, -0.15) is 5.26 Å². The van der Waals surface area contributed by atoms with Crippen LogP contribution in [-0.4, -0.2) is 32.1 Å². The lowest BCUT2D eigenvalue weighted by Gasteiger charge is -2.19. The van der Waals surface area contributed by atoms with Gasteiger partial charge in [0.15, 0.2) is 5.78 Å². The van der Waals surface area contributed by atoms with Crippen molar-refractivity contribution in [1.82, 2.24) is 0 Å². The van der Waals surface area contributed by atoms with Crippen molar-refractivity contribution < 1.29 is 27.5 Å². The zero-order valence-electron chi connectivity index (χ0n) is 17.2. The van der Waals surface area contributed by atoms with Crippen LogP contribution in [0.4, 0.5) is 30.2 Å². The number of nitrogens with zero attached hydrogens (tertiary/aromatic N) is 3. The number of fused-ring (bicyclic) bond motifs is 1. The number of carbonyl (C=O) groups is 2. The molecule has 7 nitrogen and oxygen atoms in total. The second-order valence-corrected chi connectivity index (χ2v) is 6.96. The number of hydrogen-bond donors (Lipinski definition) is 1. The molecule has 0 bridgehead atoms. The SMILES string of the molecule is CN1C(=C(C#N)C(=O)CCC(=O)Nc2cccc(OC(F)(F)F)c2)N(C)c2ccccc21. The maximum Gasteiger partial charge on any atom is 0.573 e. The van der Waals surface area contributed by atoms with E-state index in [2.05, 4.69) is 10.1 Å². The Kier molecular flexibility index (Phi) is 6.39. The Bertz CT molecular complexity index is 1090. The fourth-order valence-electron chi connectivity index (χ4n) is 3.40. The molecule has 0 radical (unpaired) electrons. The Morgan fingerprint density at radius 2 is 1.66 bits per heavy atom. The van der Waals surface area contributed by atoms with Crippen LogP contribution in [0.3, 0.4) is 0 Å². The molecule has 0 saturated carbocycles. The van der Waals surface area contributed by atoms with E-state index in [0.29, 0.717) is 5.82 Å². The number of ketones is 1. The van der Waals surface area contributed by atoms with Gasteiger partial charge in [0.05, 0.1) is 11.4 Å². The Balaban J connectivity index is 1.67. The highest BCUT2D eigenvalue weighted by molar-refractivity contribution is 6.04. The third kappa shape index (κ3) is 5.00. The standard InChI is InChI=1S/C22H19F3N4O3/c1-28-17-8-3-4-9-18(17)29(2)21(28)16(13-26)19(30)10-11-20(31)27-14-6-5-7-15(12-14)32-22(23,24)25/h3-9,12H,10-11H2,1-2H3,(H,27,31). The molecular weight excluding hydrogens is 425 g/mol. The number of para-hydroxylation sites is 2. The van der Waals surface area contributed by atoms with Crippen LogP contribution < -0.4 is 19.9 Å². The maximum atomic E-state index is 12.7. The summed E-state index contributed by atoms with van der Waals surface area (Å²) in [6, 6.07) is 14.2. The fraction of sp³-hybridized carbons (Fsp3) is 0.227. The molecule has 0 aliphatic carbocycles. The minimum Gasteiger partial charge on any atom is -0.406 e. The van der Waals surface area contributed by atoms with Crippen LogP contribution in [0.15, 0.2) is 59.9 Å². The second kappa shape index (κ2) is 9.01. The van der Waals surface area contributed by atoms with Crippen molar-refractivity contribution in [1.29, 1.82) is 5.26 Å². The lowest BCUT2D eigenvalue weighted by molar-refractivity contribution is -0.274. The fourth-order valence-corrected chi connectivity index (χ4v) is 3.40. The first-order valence-electron chi connectivity index (χ1n) is 9.50. The van der Waals surface area contributed by atoms with Gasteiger partial charge in [0.25, 0.3) is 0 Å². The monoisotopic (exact) mass is 444 g/mol. The van der Waals surface area contributed by atoms with Crippen molar-refractivity contribution in [3.63, 3.8) is 0 Å². The van der Waals surface area contributed by atoms with E-state index in [-0.39, 0.29) is 24.1 Å².